The summed E-state index contributed by atoms with van der Waals surface area (Å²) >= 11 is 0. The molecule has 0 fully saturated rings. The third-order valence-corrected chi connectivity index (χ3v) is 4.43. The second kappa shape index (κ2) is 6.90. The lowest BCUT2D eigenvalue weighted by molar-refractivity contribution is 0.569. The van der Waals surface area contributed by atoms with Crippen molar-refractivity contribution in [3.63, 3.8) is 0 Å². The van der Waals surface area contributed by atoms with E-state index in [0.29, 0.717) is 17.2 Å². The van der Waals surface area contributed by atoms with Gasteiger partial charge in [0.25, 0.3) is 0 Å². The van der Waals surface area contributed by atoms with Crippen LogP contribution in [0.25, 0.3) is 28.2 Å². The molecule has 4 aromatic rings. The number of oxazole rings is 1. The number of aryl methyl sites for hydroxylation is 1. The lowest BCUT2D eigenvalue weighted by Crippen LogP contribution is -1.99. The zero-order valence-corrected chi connectivity index (χ0v) is 15.0. The topological polar surface area (TPSA) is 56.2 Å². The highest BCUT2D eigenvalue weighted by Gasteiger charge is 2.18. The quantitative estimate of drug-likeness (QED) is 0.502. The van der Waals surface area contributed by atoms with Crippen molar-refractivity contribution >= 4 is 5.65 Å². The summed E-state index contributed by atoms with van der Waals surface area (Å²) < 4.78 is 35.2. The van der Waals surface area contributed by atoms with Gasteiger partial charge in [0, 0.05) is 23.7 Å². The molecule has 0 atom stereocenters. The summed E-state index contributed by atoms with van der Waals surface area (Å²) in [4.78, 5) is 4.10. The third kappa shape index (κ3) is 3.32. The van der Waals surface area contributed by atoms with E-state index in [0.717, 1.165) is 42.5 Å². The SMILES string of the molecule is CC(C)CCc1nnc2ccc(-c3ocnc3-c3cc(F)ccc3F)cn12. The van der Waals surface area contributed by atoms with Crippen LogP contribution in [0.5, 0.6) is 0 Å². The Hall–Kier alpha value is -3.09. The minimum Gasteiger partial charge on any atom is -0.443 e. The highest BCUT2D eigenvalue weighted by atomic mass is 19.1. The second-order valence-corrected chi connectivity index (χ2v) is 6.85. The molecule has 0 saturated heterocycles. The number of rotatable bonds is 5. The van der Waals surface area contributed by atoms with E-state index in [1.807, 2.05) is 16.7 Å². The minimum atomic E-state index is -0.561. The van der Waals surface area contributed by atoms with Crippen LogP contribution in [0.1, 0.15) is 26.1 Å². The van der Waals surface area contributed by atoms with Crippen molar-refractivity contribution in [3.05, 3.63) is 60.4 Å². The predicted octanol–water partition coefficient (Wildman–Crippen LogP) is 4.92. The zero-order valence-electron chi connectivity index (χ0n) is 15.0. The molecule has 0 aliphatic rings. The lowest BCUT2D eigenvalue weighted by atomic mass is 10.1. The Bertz CT molecular complexity index is 1100. The van der Waals surface area contributed by atoms with Crippen molar-refractivity contribution in [2.24, 2.45) is 5.92 Å². The van der Waals surface area contributed by atoms with Crippen LogP contribution in [0, 0.1) is 17.6 Å². The number of hydrogen-bond acceptors (Lipinski definition) is 4. The summed E-state index contributed by atoms with van der Waals surface area (Å²) in [5.41, 5.74) is 1.71. The van der Waals surface area contributed by atoms with E-state index in [2.05, 4.69) is 29.0 Å². The largest absolute Gasteiger partial charge is 0.443 e. The number of benzene rings is 1. The van der Waals surface area contributed by atoms with Crippen molar-refractivity contribution in [2.45, 2.75) is 26.7 Å². The van der Waals surface area contributed by atoms with Gasteiger partial charge in [-0.15, -0.1) is 10.2 Å². The van der Waals surface area contributed by atoms with Gasteiger partial charge in [-0.05, 0) is 42.7 Å². The van der Waals surface area contributed by atoms with Crippen LogP contribution in [0.2, 0.25) is 0 Å². The molecule has 7 heteroatoms. The van der Waals surface area contributed by atoms with Gasteiger partial charge in [-0.1, -0.05) is 13.8 Å². The van der Waals surface area contributed by atoms with E-state index < -0.39 is 11.6 Å². The standard InChI is InChI=1S/C20H18F2N4O/c1-12(2)3-7-17-24-25-18-8-4-13(10-26(17)18)20-19(23-11-27-20)15-9-14(21)5-6-16(15)22/h4-6,8-12H,3,7H2,1-2H3. The average Bonchev–Trinajstić information content (AvgIpc) is 3.28. The van der Waals surface area contributed by atoms with Crippen LogP contribution in [0.4, 0.5) is 8.78 Å². The molecule has 0 saturated carbocycles. The molecule has 0 aliphatic heterocycles. The zero-order chi connectivity index (χ0) is 19.0. The maximum atomic E-state index is 14.2. The van der Waals surface area contributed by atoms with Gasteiger partial charge >= 0.3 is 0 Å². The normalized spacial score (nSPS) is 11.6. The monoisotopic (exact) mass is 368 g/mol. The molecule has 0 bridgehead atoms. The van der Waals surface area contributed by atoms with E-state index in [1.54, 1.807) is 6.07 Å². The van der Waals surface area contributed by atoms with Gasteiger partial charge in [0.05, 0.1) is 0 Å². The first-order valence-corrected chi connectivity index (χ1v) is 8.76. The Morgan fingerprint density at radius 3 is 2.78 bits per heavy atom. The number of hydrogen-bond donors (Lipinski definition) is 0. The average molecular weight is 368 g/mol. The van der Waals surface area contributed by atoms with Crippen LogP contribution >= 0.6 is 0 Å². The van der Waals surface area contributed by atoms with Gasteiger partial charge in [0.1, 0.15) is 23.2 Å². The van der Waals surface area contributed by atoms with E-state index in [9.17, 15) is 8.78 Å². The van der Waals surface area contributed by atoms with Crippen molar-refractivity contribution in [3.8, 4) is 22.6 Å². The third-order valence-electron chi connectivity index (χ3n) is 4.43. The van der Waals surface area contributed by atoms with Crippen molar-refractivity contribution in [2.75, 3.05) is 0 Å². The van der Waals surface area contributed by atoms with Crippen LogP contribution in [-0.2, 0) is 6.42 Å². The summed E-state index contributed by atoms with van der Waals surface area (Å²) in [6.45, 7) is 4.31. The summed E-state index contributed by atoms with van der Waals surface area (Å²) in [5.74, 6) is 0.668. The number of halogens is 2. The number of nitrogens with zero attached hydrogens (tertiary/aromatic N) is 4. The summed E-state index contributed by atoms with van der Waals surface area (Å²) in [6, 6.07) is 6.88. The smallest absolute Gasteiger partial charge is 0.182 e. The lowest BCUT2D eigenvalue weighted by Gasteiger charge is -2.06. The van der Waals surface area contributed by atoms with Crippen molar-refractivity contribution < 1.29 is 13.2 Å². The van der Waals surface area contributed by atoms with Crippen LogP contribution in [-0.4, -0.2) is 19.6 Å². The molecular formula is C20H18F2N4O. The molecule has 0 unspecified atom stereocenters. The number of fused-ring (bicyclic) bond motifs is 1. The van der Waals surface area contributed by atoms with E-state index in [-0.39, 0.29) is 11.3 Å². The van der Waals surface area contributed by atoms with Gasteiger partial charge in [-0.25, -0.2) is 13.8 Å². The molecule has 0 amide bonds. The van der Waals surface area contributed by atoms with Crippen molar-refractivity contribution in [1.82, 2.24) is 19.6 Å². The van der Waals surface area contributed by atoms with E-state index in [1.165, 1.54) is 6.39 Å². The molecule has 4 rings (SSSR count). The maximum Gasteiger partial charge on any atom is 0.182 e. The highest BCUT2D eigenvalue weighted by Crippen LogP contribution is 2.33. The molecule has 27 heavy (non-hydrogen) atoms. The Balaban J connectivity index is 1.78. The molecular weight excluding hydrogens is 350 g/mol. The first-order chi connectivity index (χ1) is 13.0. The molecule has 138 valence electrons. The first kappa shape index (κ1) is 17.3. The van der Waals surface area contributed by atoms with Crippen LogP contribution in [0.15, 0.2) is 47.3 Å². The predicted molar refractivity (Wildman–Crippen MR) is 97.0 cm³/mol. The summed E-state index contributed by atoms with van der Waals surface area (Å²) in [5, 5.41) is 8.44. The molecule has 0 radical (unpaired) electrons. The Kier molecular flexibility index (Phi) is 4.43. The molecule has 0 N–H and O–H groups in total. The van der Waals surface area contributed by atoms with E-state index in [4.69, 9.17) is 4.42 Å². The van der Waals surface area contributed by atoms with Gasteiger partial charge < -0.3 is 4.42 Å². The fraction of sp³-hybridized carbons (Fsp3) is 0.250. The van der Waals surface area contributed by atoms with Crippen LogP contribution in [0.3, 0.4) is 0 Å². The van der Waals surface area contributed by atoms with Gasteiger partial charge in [0.15, 0.2) is 17.8 Å². The second-order valence-electron chi connectivity index (χ2n) is 6.85. The fourth-order valence-corrected chi connectivity index (χ4v) is 2.98. The first-order valence-electron chi connectivity index (χ1n) is 8.76. The number of aromatic nitrogens is 4. The maximum absolute atomic E-state index is 14.2. The van der Waals surface area contributed by atoms with E-state index >= 15 is 0 Å². The number of pyridine rings is 1. The minimum absolute atomic E-state index is 0.0580. The molecule has 3 aromatic heterocycles. The van der Waals surface area contributed by atoms with Gasteiger partial charge in [-0.3, -0.25) is 4.40 Å². The fourth-order valence-electron chi connectivity index (χ4n) is 2.98. The van der Waals surface area contributed by atoms with Gasteiger partial charge in [-0.2, -0.15) is 0 Å². The molecule has 0 spiro atoms. The molecule has 5 nitrogen and oxygen atoms in total. The highest BCUT2D eigenvalue weighted by molar-refractivity contribution is 5.77. The molecule has 1 aromatic carbocycles. The molecule has 0 aliphatic carbocycles. The Morgan fingerprint density at radius 2 is 1.96 bits per heavy atom. The summed E-state index contributed by atoms with van der Waals surface area (Å²) in [6.07, 6.45) is 4.86. The van der Waals surface area contributed by atoms with Crippen molar-refractivity contribution in [1.29, 1.82) is 0 Å². The molecule has 3 heterocycles. The van der Waals surface area contributed by atoms with Gasteiger partial charge in [0.2, 0.25) is 0 Å². The summed E-state index contributed by atoms with van der Waals surface area (Å²) in [7, 11) is 0. The Labute approximate surface area is 154 Å². The Morgan fingerprint density at radius 1 is 1.11 bits per heavy atom. The van der Waals surface area contributed by atoms with Crippen LogP contribution < -0.4 is 0 Å².